The third-order valence-corrected chi connectivity index (χ3v) is 3.53. The zero-order valence-corrected chi connectivity index (χ0v) is 11.3. The first-order valence-corrected chi connectivity index (χ1v) is 6.74. The van der Waals surface area contributed by atoms with Gasteiger partial charge in [0.15, 0.2) is 0 Å². The highest BCUT2D eigenvalue weighted by atomic mass is 16.2. The van der Waals surface area contributed by atoms with Crippen LogP contribution in [-0.2, 0) is 4.79 Å². The average Bonchev–Trinajstić information content (AvgIpc) is 2.54. The largest absolute Gasteiger partial charge is 0.341 e. The Hall–Kier alpha value is -0.610. The van der Waals surface area contributed by atoms with Gasteiger partial charge in [-0.3, -0.25) is 4.79 Å². The summed E-state index contributed by atoms with van der Waals surface area (Å²) in [6, 6.07) is 0. The van der Waals surface area contributed by atoms with Gasteiger partial charge in [-0.15, -0.1) is 0 Å². The van der Waals surface area contributed by atoms with Gasteiger partial charge in [-0.05, 0) is 37.8 Å². The van der Waals surface area contributed by atoms with Crippen LogP contribution in [0, 0.1) is 5.41 Å². The van der Waals surface area contributed by atoms with E-state index in [9.17, 15) is 4.79 Å². The van der Waals surface area contributed by atoms with E-state index in [-0.39, 0.29) is 5.41 Å². The van der Waals surface area contributed by atoms with Crippen molar-refractivity contribution in [2.45, 2.75) is 39.5 Å². The van der Waals surface area contributed by atoms with E-state index >= 15 is 0 Å². The van der Waals surface area contributed by atoms with E-state index in [4.69, 9.17) is 5.73 Å². The zero-order chi connectivity index (χ0) is 12.7. The summed E-state index contributed by atoms with van der Waals surface area (Å²) in [6.07, 6.45) is 3.65. The molecule has 0 aromatic rings. The Morgan fingerprint density at radius 2 is 2.06 bits per heavy atom. The minimum atomic E-state index is 0.189. The van der Waals surface area contributed by atoms with Crippen LogP contribution in [-0.4, -0.2) is 43.5 Å². The van der Waals surface area contributed by atoms with Gasteiger partial charge in [-0.2, -0.15) is 0 Å². The number of amides is 1. The van der Waals surface area contributed by atoms with Crippen molar-refractivity contribution in [2.75, 3.05) is 32.7 Å². The Balaban J connectivity index is 2.32. The van der Waals surface area contributed by atoms with Crippen LogP contribution in [0.4, 0.5) is 0 Å². The molecule has 4 heteroatoms. The van der Waals surface area contributed by atoms with Crippen LogP contribution in [0.5, 0.6) is 0 Å². The zero-order valence-electron chi connectivity index (χ0n) is 11.3. The highest BCUT2D eigenvalue weighted by Gasteiger charge is 2.21. The fraction of sp³-hybridized carbons (Fsp3) is 0.923. The van der Waals surface area contributed by atoms with Crippen LogP contribution in [0.25, 0.3) is 0 Å². The topological polar surface area (TPSA) is 58.4 Å². The molecule has 0 radical (unpaired) electrons. The van der Waals surface area contributed by atoms with Crippen molar-refractivity contribution in [3.63, 3.8) is 0 Å². The smallest absolute Gasteiger partial charge is 0.222 e. The molecule has 4 nitrogen and oxygen atoms in total. The van der Waals surface area contributed by atoms with Gasteiger partial charge < -0.3 is 16.0 Å². The summed E-state index contributed by atoms with van der Waals surface area (Å²) in [5, 5.41) is 3.31. The quantitative estimate of drug-likeness (QED) is 0.754. The molecule has 1 saturated heterocycles. The lowest BCUT2D eigenvalue weighted by atomic mass is 9.84. The number of nitrogens with zero attached hydrogens (tertiary/aromatic N) is 1. The first kappa shape index (κ1) is 14.5. The number of hydrogen-bond donors (Lipinski definition) is 2. The summed E-state index contributed by atoms with van der Waals surface area (Å²) in [7, 11) is 0. The Labute approximate surface area is 105 Å². The Morgan fingerprint density at radius 1 is 1.29 bits per heavy atom. The Bertz CT molecular complexity index is 233. The fourth-order valence-corrected chi connectivity index (χ4v) is 2.21. The molecule has 1 fully saturated rings. The van der Waals surface area contributed by atoms with Gasteiger partial charge in [-0.1, -0.05) is 13.8 Å². The standard InChI is InChI=1S/C13H27N3O/c1-13(2,6-7-14)5-4-12(17)16-10-3-8-15-9-11-16/h15H,3-11,14H2,1-2H3. The first-order chi connectivity index (χ1) is 8.05. The summed E-state index contributed by atoms with van der Waals surface area (Å²) < 4.78 is 0. The number of nitrogens with one attached hydrogen (secondary N) is 1. The molecule has 1 rings (SSSR count). The minimum Gasteiger partial charge on any atom is -0.341 e. The number of carbonyl (C=O) groups excluding carboxylic acids is 1. The number of hydrogen-bond acceptors (Lipinski definition) is 3. The summed E-state index contributed by atoms with van der Waals surface area (Å²) in [6.45, 7) is 8.81. The molecule has 1 aliphatic heterocycles. The van der Waals surface area contributed by atoms with Gasteiger partial charge in [0.2, 0.25) is 5.91 Å². The van der Waals surface area contributed by atoms with Crippen LogP contribution < -0.4 is 11.1 Å². The second-order valence-corrected chi connectivity index (χ2v) is 5.69. The highest BCUT2D eigenvalue weighted by molar-refractivity contribution is 5.76. The molecule has 3 N–H and O–H groups in total. The van der Waals surface area contributed by atoms with Gasteiger partial charge in [-0.25, -0.2) is 0 Å². The predicted molar refractivity (Wildman–Crippen MR) is 70.8 cm³/mol. The van der Waals surface area contributed by atoms with Gasteiger partial charge in [0.05, 0.1) is 0 Å². The van der Waals surface area contributed by atoms with Crippen molar-refractivity contribution in [1.82, 2.24) is 10.2 Å². The maximum Gasteiger partial charge on any atom is 0.222 e. The van der Waals surface area contributed by atoms with Gasteiger partial charge >= 0.3 is 0 Å². The molecule has 0 aromatic carbocycles. The van der Waals surface area contributed by atoms with Crippen LogP contribution in [0.3, 0.4) is 0 Å². The second kappa shape index (κ2) is 6.97. The van der Waals surface area contributed by atoms with Crippen molar-refractivity contribution in [3.05, 3.63) is 0 Å². The lowest BCUT2D eigenvalue weighted by Crippen LogP contribution is -2.34. The third kappa shape index (κ3) is 5.50. The van der Waals surface area contributed by atoms with E-state index in [2.05, 4.69) is 19.2 Å². The van der Waals surface area contributed by atoms with Gasteiger partial charge in [0, 0.05) is 26.1 Å². The summed E-state index contributed by atoms with van der Waals surface area (Å²) >= 11 is 0. The molecule has 1 heterocycles. The van der Waals surface area contributed by atoms with Crippen molar-refractivity contribution in [1.29, 1.82) is 0 Å². The van der Waals surface area contributed by atoms with E-state index in [1.807, 2.05) is 4.90 Å². The Morgan fingerprint density at radius 3 is 2.76 bits per heavy atom. The second-order valence-electron chi connectivity index (χ2n) is 5.69. The van der Waals surface area contributed by atoms with E-state index in [0.717, 1.165) is 45.4 Å². The number of carbonyl (C=O) groups is 1. The van der Waals surface area contributed by atoms with Crippen LogP contribution in [0.15, 0.2) is 0 Å². The monoisotopic (exact) mass is 241 g/mol. The molecule has 0 saturated carbocycles. The van der Waals surface area contributed by atoms with Crippen molar-refractivity contribution < 1.29 is 4.79 Å². The molecular weight excluding hydrogens is 214 g/mol. The van der Waals surface area contributed by atoms with Crippen molar-refractivity contribution >= 4 is 5.91 Å². The normalized spacial score (nSPS) is 17.9. The van der Waals surface area contributed by atoms with Crippen molar-refractivity contribution in [3.8, 4) is 0 Å². The summed E-state index contributed by atoms with van der Waals surface area (Å²) in [5.74, 6) is 0.304. The molecular formula is C13H27N3O. The van der Waals surface area contributed by atoms with Crippen molar-refractivity contribution in [2.24, 2.45) is 11.1 Å². The molecule has 1 amide bonds. The first-order valence-electron chi connectivity index (χ1n) is 6.74. The highest BCUT2D eigenvalue weighted by Crippen LogP contribution is 2.26. The molecule has 17 heavy (non-hydrogen) atoms. The molecule has 1 aliphatic rings. The van der Waals surface area contributed by atoms with E-state index in [0.29, 0.717) is 18.9 Å². The number of rotatable bonds is 5. The molecule has 0 spiro atoms. The van der Waals surface area contributed by atoms with E-state index in [1.54, 1.807) is 0 Å². The van der Waals surface area contributed by atoms with Gasteiger partial charge in [0.25, 0.3) is 0 Å². The summed E-state index contributed by atoms with van der Waals surface area (Å²) in [5.41, 5.74) is 5.77. The van der Waals surface area contributed by atoms with Crippen LogP contribution >= 0.6 is 0 Å². The van der Waals surface area contributed by atoms with E-state index in [1.165, 1.54) is 0 Å². The predicted octanol–water partition coefficient (Wildman–Crippen LogP) is 0.964. The minimum absolute atomic E-state index is 0.189. The number of nitrogens with two attached hydrogens (primary N) is 1. The lowest BCUT2D eigenvalue weighted by Gasteiger charge is -2.26. The van der Waals surface area contributed by atoms with Gasteiger partial charge in [0.1, 0.15) is 0 Å². The maximum atomic E-state index is 12.1. The average molecular weight is 241 g/mol. The maximum absolute atomic E-state index is 12.1. The molecule has 100 valence electrons. The van der Waals surface area contributed by atoms with Crippen LogP contribution in [0.1, 0.15) is 39.5 Å². The molecule has 0 atom stereocenters. The SMILES string of the molecule is CC(C)(CCN)CCC(=O)N1CCCNCC1. The molecule has 0 bridgehead atoms. The molecule has 0 aromatic heterocycles. The third-order valence-electron chi connectivity index (χ3n) is 3.53. The molecule has 0 unspecified atom stereocenters. The molecule has 0 aliphatic carbocycles. The lowest BCUT2D eigenvalue weighted by molar-refractivity contribution is -0.131. The van der Waals surface area contributed by atoms with E-state index < -0.39 is 0 Å². The van der Waals surface area contributed by atoms with Crippen LogP contribution in [0.2, 0.25) is 0 Å². The fourth-order valence-electron chi connectivity index (χ4n) is 2.21. The Kier molecular flexibility index (Phi) is 5.92. The summed E-state index contributed by atoms with van der Waals surface area (Å²) in [4.78, 5) is 14.1.